The Morgan fingerprint density at radius 2 is 1.77 bits per heavy atom. The zero-order valence-electron chi connectivity index (χ0n) is 8.24. The average Bonchev–Trinajstić information content (AvgIpc) is 2.01. The van der Waals surface area contributed by atoms with Crippen LogP contribution in [-0.2, 0) is 9.59 Å². The maximum Gasteiger partial charge on any atom is 0.261 e. The molecule has 0 rings (SSSR count). The molecule has 0 aromatic heterocycles. The minimum Gasteiger partial charge on any atom is -0.385 e. The van der Waals surface area contributed by atoms with Crippen LogP contribution in [0.1, 0.15) is 13.8 Å². The molecule has 1 amide bonds. The van der Waals surface area contributed by atoms with Crippen molar-refractivity contribution in [3.05, 3.63) is 0 Å². The first kappa shape index (κ1) is 12.1. The molecule has 0 saturated heterocycles. The Kier molecular flexibility index (Phi) is 3.57. The minimum absolute atomic E-state index is 0.738. The van der Waals surface area contributed by atoms with Crippen LogP contribution in [-0.4, -0.2) is 52.6 Å². The van der Waals surface area contributed by atoms with E-state index in [1.807, 2.05) is 0 Å². The van der Waals surface area contributed by atoms with Crippen LogP contribution in [0, 0.1) is 0 Å². The van der Waals surface area contributed by atoms with E-state index < -0.39 is 23.4 Å². The first-order valence-corrected chi connectivity index (χ1v) is 3.87. The monoisotopic (exact) mass is 189 g/mol. The molecule has 0 aliphatic rings. The Bertz CT molecular complexity index is 198. The lowest BCUT2D eigenvalue weighted by molar-refractivity contribution is -0.160. The van der Waals surface area contributed by atoms with E-state index >= 15 is 0 Å². The van der Waals surface area contributed by atoms with Gasteiger partial charge in [0, 0.05) is 14.1 Å². The number of amides is 1. The summed E-state index contributed by atoms with van der Waals surface area (Å²) in [4.78, 5) is 23.5. The summed E-state index contributed by atoms with van der Waals surface area (Å²) in [5.41, 5.74) is -2.14. The van der Waals surface area contributed by atoms with Gasteiger partial charge in [-0.05, 0) is 13.8 Å². The molecule has 0 saturated carbocycles. The maximum atomic E-state index is 11.3. The van der Waals surface area contributed by atoms with Crippen LogP contribution < -0.4 is 0 Å². The van der Waals surface area contributed by atoms with Crippen LogP contribution >= 0.6 is 0 Å². The van der Waals surface area contributed by atoms with Gasteiger partial charge in [0.2, 0.25) is 11.4 Å². The van der Waals surface area contributed by atoms with Crippen molar-refractivity contribution in [1.29, 1.82) is 0 Å². The smallest absolute Gasteiger partial charge is 0.261 e. The molecular formula is C8H15NO4. The largest absolute Gasteiger partial charge is 0.385 e. The van der Waals surface area contributed by atoms with Gasteiger partial charge in [0.1, 0.15) is 6.10 Å². The zero-order chi connectivity index (χ0) is 10.8. The van der Waals surface area contributed by atoms with Crippen LogP contribution in [0.15, 0.2) is 0 Å². The first-order valence-electron chi connectivity index (χ1n) is 3.87. The fourth-order valence-electron chi connectivity index (χ4n) is 0.948. The lowest BCUT2D eigenvalue weighted by Gasteiger charge is -2.25. The Morgan fingerprint density at radius 3 is 2.00 bits per heavy atom. The molecule has 0 aromatic carbocycles. The highest BCUT2D eigenvalue weighted by atomic mass is 16.3. The molecular weight excluding hydrogens is 174 g/mol. The fourth-order valence-corrected chi connectivity index (χ4v) is 0.948. The first-order chi connectivity index (χ1) is 5.71. The van der Waals surface area contributed by atoms with Crippen LogP contribution in [0.2, 0.25) is 0 Å². The second kappa shape index (κ2) is 3.85. The van der Waals surface area contributed by atoms with Crippen molar-refractivity contribution in [1.82, 2.24) is 4.90 Å². The van der Waals surface area contributed by atoms with Crippen molar-refractivity contribution in [2.75, 3.05) is 14.1 Å². The van der Waals surface area contributed by atoms with E-state index in [1.165, 1.54) is 21.0 Å². The van der Waals surface area contributed by atoms with Gasteiger partial charge < -0.3 is 15.1 Å². The van der Waals surface area contributed by atoms with Crippen LogP contribution in [0.4, 0.5) is 0 Å². The molecule has 2 unspecified atom stereocenters. The molecule has 13 heavy (non-hydrogen) atoms. The number of likely N-dealkylation sites (N-methyl/N-ethyl adjacent to an activating group) is 1. The molecule has 76 valence electrons. The Balaban J connectivity index is 4.76. The summed E-state index contributed by atoms with van der Waals surface area (Å²) in [6.07, 6.45) is -1.35. The zero-order valence-corrected chi connectivity index (χ0v) is 8.24. The van der Waals surface area contributed by atoms with Gasteiger partial charge in [0.15, 0.2) is 0 Å². The third-order valence-electron chi connectivity index (χ3n) is 1.68. The Labute approximate surface area is 77.0 Å². The Hall–Kier alpha value is -0.940. The molecule has 5 heteroatoms. The van der Waals surface area contributed by atoms with E-state index in [4.69, 9.17) is 5.11 Å². The topological polar surface area (TPSA) is 77.8 Å². The van der Waals surface area contributed by atoms with E-state index in [-0.39, 0.29) is 0 Å². The minimum atomic E-state index is -2.14. The number of carbonyl (C=O) groups is 2. The number of hydrogen-bond donors (Lipinski definition) is 2. The van der Waals surface area contributed by atoms with E-state index in [1.54, 1.807) is 0 Å². The van der Waals surface area contributed by atoms with E-state index in [0.717, 1.165) is 11.8 Å². The van der Waals surface area contributed by atoms with Crippen LogP contribution in [0.25, 0.3) is 0 Å². The summed E-state index contributed by atoms with van der Waals surface area (Å²) in [5, 5.41) is 18.4. The van der Waals surface area contributed by atoms with Gasteiger partial charge in [-0.3, -0.25) is 9.59 Å². The van der Waals surface area contributed by atoms with E-state index in [2.05, 4.69) is 0 Å². The number of ketones is 1. The lowest BCUT2D eigenvalue weighted by Crippen LogP contribution is -2.53. The van der Waals surface area contributed by atoms with Crippen LogP contribution in [0.3, 0.4) is 0 Å². The van der Waals surface area contributed by atoms with Crippen molar-refractivity contribution in [3.63, 3.8) is 0 Å². The molecule has 0 aromatic rings. The summed E-state index contributed by atoms with van der Waals surface area (Å²) in [6, 6.07) is 0. The highest BCUT2D eigenvalue weighted by Crippen LogP contribution is 2.10. The highest BCUT2D eigenvalue weighted by molar-refractivity contribution is 6.10. The van der Waals surface area contributed by atoms with Crippen molar-refractivity contribution in [2.45, 2.75) is 25.6 Å². The molecule has 0 radical (unpaired) electrons. The van der Waals surface area contributed by atoms with E-state index in [0.29, 0.717) is 0 Å². The van der Waals surface area contributed by atoms with Crippen molar-refractivity contribution in [3.8, 4) is 0 Å². The summed E-state index contributed by atoms with van der Waals surface area (Å²) < 4.78 is 0. The van der Waals surface area contributed by atoms with Gasteiger partial charge >= 0.3 is 0 Å². The third kappa shape index (κ3) is 2.50. The molecule has 2 N–H and O–H groups in total. The molecule has 0 aliphatic carbocycles. The number of carbonyl (C=O) groups excluding carboxylic acids is 2. The van der Waals surface area contributed by atoms with Gasteiger partial charge in [-0.1, -0.05) is 0 Å². The number of rotatable bonds is 3. The summed E-state index contributed by atoms with van der Waals surface area (Å²) in [5.74, 6) is -1.63. The molecule has 0 spiro atoms. The second-order valence-corrected chi connectivity index (χ2v) is 3.31. The predicted octanol–water partition coefficient (Wildman–Crippen LogP) is -1.22. The molecule has 0 aliphatic heterocycles. The van der Waals surface area contributed by atoms with Gasteiger partial charge in [-0.15, -0.1) is 0 Å². The van der Waals surface area contributed by atoms with Gasteiger partial charge in [0.05, 0.1) is 0 Å². The molecule has 0 heterocycles. The van der Waals surface area contributed by atoms with Gasteiger partial charge in [-0.2, -0.15) is 0 Å². The lowest BCUT2D eigenvalue weighted by atomic mass is 9.96. The normalized spacial score (nSPS) is 17.4. The molecule has 2 atom stereocenters. The van der Waals surface area contributed by atoms with Crippen molar-refractivity contribution in [2.24, 2.45) is 0 Å². The number of hydrogen-bond acceptors (Lipinski definition) is 4. The molecule has 0 fully saturated rings. The summed E-state index contributed by atoms with van der Waals surface area (Å²) in [7, 11) is 2.85. The number of nitrogens with zero attached hydrogens (tertiary/aromatic N) is 1. The molecule has 5 nitrogen and oxygen atoms in total. The van der Waals surface area contributed by atoms with Crippen LogP contribution in [0.5, 0.6) is 0 Å². The Morgan fingerprint density at radius 1 is 1.38 bits per heavy atom. The SMILES string of the molecule is CC(O)C(=O)C(C)(O)C(=O)N(C)C. The average molecular weight is 189 g/mol. The summed E-state index contributed by atoms with van der Waals surface area (Å²) in [6.45, 7) is 2.28. The number of aliphatic hydroxyl groups is 2. The maximum absolute atomic E-state index is 11.3. The van der Waals surface area contributed by atoms with Crippen molar-refractivity contribution >= 4 is 11.7 Å². The summed E-state index contributed by atoms with van der Waals surface area (Å²) >= 11 is 0. The number of Topliss-reactive ketones (excluding diaryl/α,β-unsaturated/α-hetero) is 1. The van der Waals surface area contributed by atoms with Gasteiger partial charge in [0.25, 0.3) is 5.91 Å². The van der Waals surface area contributed by atoms with E-state index in [9.17, 15) is 14.7 Å². The predicted molar refractivity (Wildman–Crippen MR) is 46.0 cm³/mol. The quantitative estimate of drug-likeness (QED) is 0.545. The third-order valence-corrected chi connectivity index (χ3v) is 1.68. The second-order valence-electron chi connectivity index (χ2n) is 3.31. The highest BCUT2D eigenvalue weighted by Gasteiger charge is 2.41. The fraction of sp³-hybridized carbons (Fsp3) is 0.750. The number of aliphatic hydroxyl groups excluding tert-OH is 1. The molecule has 0 bridgehead atoms. The standard InChI is InChI=1S/C8H15NO4/c1-5(10)6(11)8(2,13)7(12)9(3)4/h5,10,13H,1-4H3. The van der Waals surface area contributed by atoms with Crippen molar-refractivity contribution < 1.29 is 19.8 Å². The van der Waals surface area contributed by atoms with Gasteiger partial charge in [-0.25, -0.2) is 0 Å².